The number of fused-ring (bicyclic) bond motifs is 2. The van der Waals surface area contributed by atoms with Crippen LogP contribution < -0.4 is 10.6 Å². The Labute approximate surface area is 180 Å². The number of nitrogens with one attached hydrogen (secondary N) is 2. The van der Waals surface area contributed by atoms with E-state index in [1.807, 2.05) is 24.3 Å². The first-order valence-corrected chi connectivity index (χ1v) is 10.3. The molecular formula is C24H23ClN2O3. The second-order valence-electron chi connectivity index (χ2n) is 7.39. The van der Waals surface area contributed by atoms with Crippen molar-refractivity contribution >= 4 is 17.6 Å². The molecular weight excluding hydrogens is 400 g/mol. The second-order valence-corrected chi connectivity index (χ2v) is 7.80. The molecule has 1 aliphatic carbocycles. The highest BCUT2D eigenvalue weighted by molar-refractivity contribution is 6.31. The number of aryl methyl sites for hydroxylation is 2. The molecule has 154 valence electrons. The molecule has 4 rings (SSSR count). The van der Waals surface area contributed by atoms with Crippen LogP contribution >= 0.6 is 11.6 Å². The topological polar surface area (TPSA) is 81.6 Å². The number of halogens is 1. The molecule has 0 aliphatic heterocycles. The molecule has 0 amide bonds. The van der Waals surface area contributed by atoms with Crippen molar-refractivity contribution < 1.29 is 15.0 Å². The summed E-state index contributed by atoms with van der Waals surface area (Å²) in [6.07, 6.45) is 0.935. The molecule has 3 aromatic rings. The highest BCUT2D eigenvalue weighted by atomic mass is 35.5. The van der Waals surface area contributed by atoms with Gasteiger partial charge in [0.25, 0.3) is 0 Å². The van der Waals surface area contributed by atoms with Crippen LogP contribution in [0, 0.1) is 0 Å². The summed E-state index contributed by atoms with van der Waals surface area (Å²) in [5, 5.41) is 26.4. The molecule has 0 spiro atoms. The van der Waals surface area contributed by atoms with Gasteiger partial charge < -0.3 is 10.2 Å². The lowest BCUT2D eigenvalue weighted by atomic mass is 9.95. The van der Waals surface area contributed by atoms with Gasteiger partial charge in [-0.3, -0.25) is 10.6 Å². The fourth-order valence-electron chi connectivity index (χ4n) is 3.95. The maximum absolute atomic E-state index is 11.1. The van der Waals surface area contributed by atoms with Crippen molar-refractivity contribution in [2.45, 2.75) is 31.8 Å². The van der Waals surface area contributed by atoms with Crippen LogP contribution in [0.5, 0.6) is 0 Å². The van der Waals surface area contributed by atoms with Crippen LogP contribution in [0.2, 0.25) is 5.02 Å². The molecule has 3 aromatic carbocycles. The Kier molecular flexibility index (Phi) is 6.16. The molecule has 5 nitrogen and oxygen atoms in total. The van der Waals surface area contributed by atoms with Crippen molar-refractivity contribution in [3.63, 3.8) is 0 Å². The number of carbonyl (C=O) groups is 1. The third-order valence-corrected chi connectivity index (χ3v) is 5.86. The van der Waals surface area contributed by atoms with E-state index in [9.17, 15) is 9.90 Å². The highest BCUT2D eigenvalue weighted by Gasteiger charge is 2.24. The first kappa shape index (κ1) is 20.6. The zero-order valence-corrected chi connectivity index (χ0v) is 17.1. The van der Waals surface area contributed by atoms with Crippen molar-refractivity contribution in [2.75, 3.05) is 0 Å². The van der Waals surface area contributed by atoms with Crippen LogP contribution in [0.4, 0.5) is 0 Å². The largest absolute Gasteiger partial charge is 0.478 e. The Morgan fingerprint density at radius 3 is 2.17 bits per heavy atom. The van der Waals surface area contributed by atoms with Gasteiger partial charge in [-0.25, -0.2) is 4.79 Å². The Morgan fingerprint density at radius 1 is 1.00 bits per heavy atom. The normalized spacial score (nSPS) is 14.5. The molecule has 4 N–H and O–H groups in total. The Bertz CT molecular complexity index is 1020. The summed E-state index contributed by atoms with van der Waals surface area (Å²) in [6.45, 7) is 0.295. The van der Waals surface area contributed by atoms with Gasteiger partial charge in [0.2, 0.25) is 0 Å². The van der Waals surface area contributed by atoms with Gasteiger partial charge >= 0.3 is 5.97 Å². The fourth-order valence-corrected chi connectivity index (χ4v) is 4.20. The number of benzene rings is 3. The summed E-state index contributed by atoms with van der Waals surface area (Å²) in [5.41, 5.74) is 5.70. The van der Waals surface area contributed by atoms with Gasteiger partial charge in [0.15, 0.2) is 6.35 Å². The summed E-state index contributed by atoms with van der Waals surface area (Å²) in [4.78, 5) is 11.1. The molecule has 0 fully saturated rings. The summed E-state index contributed by atoms with van der Waals surface area (Å²) >= 11 is 6.20. The molecule has 0 radical (unpaired) electrons. The molecule has 6 heteroatoms. The first-order chi connectivity index (χ1) is 14.5. The van der Waals surface area contributed by atoms with E-state index in [1.165, 1.54) is 23.3 Å². The average molecular weight is 423 g/mol. The quantitative estimate of drug-likeness (QED) is 0.453. The maximum Gasteiger partial charge on any atom is 0.335 e. The van der Waals surface area contributed by atoms with Crippen LogP contribution in [-0.2, 0) is 19.4 Å². The zero-order chi connectivity index (χ0) is 21.1. The zero-order valence-electron chi connectivity index (χ0n) is 16.3. The monoisotopic (exact) mass is 422 g/mol. The number of carboxylic acids is 1. The number of aliphatic hydroxyl groups excluding tert-OH is 1. The van der Waals surface area contributed by atoms with E-state index in [1.54, 1.807) is 6.07 Å². The van der Waals surface area contributed by atoms with Crippen LogP contribution in [0.3, 0.4) is 0 Å². The minimum Gasteiger partial charge on any atom is -0.478 e. The van der Waals surface area contributed by atoms with Gasteiger partial charge in [0.1, 0.15) is 0 Å². The van der Waals surface area contributed by atoms with E-state index in [2.05, 4.69) is 34.9 Å². The van der Waals surface area contributed by atoms with E-state index in [4.69, 9.17) is 16.7 Å². The van der Waals surface area contributed by atoms with Gasteiger partial charge in [0, 0.05) is 11.6 Å². The van der Waals surface area contributed by atoms with Gasteiger partial charge in [0.05, 0.1) is 11.6 Å². The van der Waals surface area contributed by atoms with E-state index < -0.39 is 12.3 Å². The first-order valence-electron chi connectivity index (χ1n) is 9.88. The number of aliphatic hydroxyl groups is 1. The maximum atomic E-state index is 11.1. The lowest BCUT2D eigenvalue weighted by Gasteiger charge is -2.26. The van der Waals surface area contributed by atoms with Crippen LogP contribution in [-0.4, -0.2) is 22.5 Å². The van der Waals surface area contributed by atoms with E-state index in [0.717, 1.165) is 24.0 Å². The Balaban J connectivity index is 1.52. The SMILES string of the molecule is O=C(O)c1ccc(CNC(O)NC2c3ccccc3CCc3ccccc32)c(Cl)c1. The van der Waals surface area contributed by atoms with Gasteiger partial charge in [-0.15, -0.1) is 0 Å². The van der Waals surface area contributed by atoms with Gasteiger partial charge in [-0.1, -0.05) is 66.2 Å². The Morgan fingerprint density at radius 2 is 1.60 bits per heavy atom. The van der Waals surface area contributed by atoms with Crippen molar-refractivity contribution in [3.05, 3.63) is 105 Å². The van der Waals surface area contributed by atoms with Crippen molar-refractivity contribution in [2.24, 2.45) is 0 Å². The summed E-state index contributed by atoms with van der Waals surface area (Å²) < 4.78 is 0. The van der Waals surface area contributed by atoms with E-state index >= 15 is 0 Å². The highest BCUT2D eigenvalue weighted by Crippen LogP contribution is 2.32. The molecule has 0 aromatic heterocycles. The standard InChI is InChI=1S/C24H23ClN2O3/c25-21-13-17(23(28)29)11-12-18(21)14-26-24(30)27-22-19-7-3-1-5-15(19)9-10-16-6-2-4-8-20(16)22/h1-8,11-13,22,24,26-27,30H,9-10,14H2,(H,28,29). The molecule has 1 aliphatic rings. The molecule has 0 saturated heterocycles. The fraction of sp³-hybridized carbons (Fsp3) is 0.208. The third-order valence-electron chi connectivity index (χ3n) is 5.51. The van der Waals surface area contributed by atoms with Gasteiger partial charge in [-0.05, 0) is 52.8 Å². The predicted octanol–water partition coefficient (Wildman–Crippen LogP) is 3.88. The third kappa shape index (κ3) is 4.40. The van der Waals surface area contributed by atoms with Gasteiger partial charge in [-0.2, -0.15) is 0 Å². The summed E-state index contributed by atoms with van der Waals surface area (Å²) in [7, 11) is 0. The average Bonchev–Trinajstić information content (AvgIpc) is 2.90. The van der Waals surface area contributed by atoms with E-state index in [0.29, 0.717) is 17.1 Å². The molecule has 1 unspecified atom stereocenters. The van der Waals surface area contributed by atoms with Crippen molar-refractivity contribution in [3.8, 4) is 0 Å². The molecule has 0 saturated carbocycles. The predicted molar refractivity (Wildman–Crippen MR) is 117 cm³/mol. The molecule has 1 atom stereocenters. The van der Waals surface area contributed by atoms with Crippen LogP contribution in [0.1, 0.15) is 44.2 Å². The summed E-state index contributed by atoms with van der Waals surface area (Å²) in [5.74, 6) is -1.02. The number of hydrogen-bond acceptors (Lipinski definition) is 4. The van der Waals surface area contributed by atoms with Crippen LogP contribution in [0.25, 0.3) is 0 Å². The Hall–Kier alpha value is -2.70. The van der Waals surface area contributed by atoms with Crippen molar-refractivity contribution in [1.82, 2.24) is 10.6 Å². The lowest BCUT2D eigenvalue weighted by molar-refractivity contribution is 0.0696. The summed E-state index contributed by atoms with van der Waals surface area (Å²) in [6, 6.07) is 21.0. The molecule has 30 heavy (non-hydrogen) atoms. The van der Waals surface area contributed by atoms with E-state index in [-0.39, 0.29) is 11.6 Å². The minimum absolute atomic E-state index is 0.133. The number of rotatable bonds is 6. The van der Waals surface area contributed by atoms with Crippen LogP contribution in [0.15, 0.2) is 66.7 Å². The number of carboxylic acid groups (broad SMARTS) is 1. The van der Waals surface area contributed by atoms with Crippen molar-refractivity contribution in [1.29, 1.82) is 0 Å². The smallest absolute Gasteiger partial charge is 0.335 e. The number of hydrogen-bond donors (Lipinski definition) is 4. The lowest BCUT2D eigenvalue weighted by Crippen LogP contribution is -2.44. The molecule has 0 bridgehead atoms. The molecule has 0 heterocycles. The second kappa shape index (κ2) is 8.98. The number of aromatic carboxylic acids is 1. The minimum atomic E-state index is -1.02.